The van der Waals surface area contributed by atoms with E-state index in [4.69, 9.17) is 0 Å². The van der Waals surface area contributed by atoms with Crippen LogP contribution in [0.2, 0.25) is 0 Å². The van der Waals surface area contributed by atoms with E-state index in [1.165, 1.54) is 0 Å². The smallest absolute Gasteiger partial charge is 0.384 e. The Kier molecular flexibility index (Phi) is 5.05. The van der Waals surface area contributed by atoms with Gasteiger partial charge in [-0.3, -0.25) is 0 Å². The number of anilines is 1. The minimum atomic E-state index is 0.811. The maximum atomic E-state index is 4.35. The number of imidazole rings is 1. The lowest BCUT2D eigenvalue weighted by Crippen LogP contribution is -2.25. The van der Waals surface area contributed by atoms with Crippen LogP contribution in [0, 0.1) is 6.92 Å². The van der Waals surface area contributed by atoms with Gasteiger partial charge in [0, 0.05) is 23.9 Å². The number of nitrogens with zero attached hydrogens (tertiary/aromatic N) is 4. The van der Waals surface area contributed by atoms with Gasteiger partial charge in [0.05, 0.1) is 26.5 Å². The Bertz CT molecular complexity index is 610. The molecule has 6 heteroatoms. The van der Waals surface area contributed by atoms with Crippen molar-refractivity contribution in [3.05, 3.63) is 36.2 Å². The minimum Gasteiger partial charge on any atom is -0.384 e. The maximum absolute atomic E-state index is 4.35. The van der Waals surface area contributed by atoms with Crippen LogP contribution < -0.4 is 15.2 Å². The number of hydrogen-bond donors (Lipinski definition) is 2. The van der Waals surface area contributed by atoms with Gasteiger partial charge in [0.25, 0.3) is 0 Å². The Labute approximate surface area is 125 Å². The number of azo groups is 1. The van der Waals surface area contributed by atoms with E-state index in [1.807, 2.05) is 61.7 Å². The molecule has 1 aromatic heterocycles. The van der Waals surface area contributed by atoms with E-state index < -0.39 is 0 Å². The molecule has 0 amide bonds. The van der Waals surface area contributed by atoms with Crippen LogP contribution in [0.3, 0.4) is 0 Å². The zero-order chi connectivity index (χ0) is 15.2. The second kappa shape index (κ2) is 6.99. The van der Waals surface area contributed by atoms with Gasteiger partial charge in [0.15, 0.2) is 0 Å². The topological polar surface area (TPSA) is 57.6 Å². The number of nitrogens with one attached hydrogen (secondary N) is 2. The highest BCUT2D eigenvalue weighted by atomic mass is 15.3. The predicted octanol–water partition coefficient (Wildman–Crippen LogP) is 2.20. The molecule has 0 aliphatic heterocycles. The lowest BCUT2D eigenvalue weighted by Gasteiger charge is -2.07. The average Bonchev–Trinajstić information content (AvgIpc) is 2.78. The first kappa shape index (κ1) is 15.2. The van der Waals surface area contributed by atoms with Gasteiger partial charge in [-0.25, -0.2) is 9.13 Å². The summed E-state index contributed by atoms with van der Waals surface area (Å²) in [5.41, 5.74) is 3.09. The molecular weight excluding hydrogens is 264 g/mol. The third-order valence-corrected chi connectivity index (χ3v) is 3.29. The molecule has 1 aromatic carbocycles. The SMILES string of the molecule is CNCCNc1ccc(N=Nc2n(C)cc[n+]2C)c(C)c1. The predicted molar refractivity (Wildman–Crippen MR) is 84.4 cm³/mol. The van der Waals surface area contributed by atoms with Gasteiger partial charge in [0.2, 0.25) is 0 Å². The third-order valence-electron chi connectivity index (χ3n) is 3.29. The Balaban J connectivity index is 2.11. The van der Waals surface area contributed by atoms with Gasteiger partial charge in [0.1, 0.15) is 5.69 Å². The van der Waals surface area contributed by atoms with E-state index in [0.29, 0.717) is 0 Å². The van der Waals surface area contributed by atoms with Gasteiger partial charge in [-0.2, -0.15) is 0 Å². The monoisotopic (exact) mass is 287 g/mol. The molecule has 0 saturated carbocycles. The summed E-state index contributed by atoms with van der Waals surface area (Å²) < 4.78 is 3.87. The number of rotatable bonds is 6. The van der Waals surface area contributed by atoms with Crippen molar-refractivity contribution in [2.75, 3.05) is 25.5 Å². The first-order valence-corrected chi connectivity index (χ1v) is 7.03. The lowest BCUT2D eigenvalue weighted by molar-refractivity contribution is -0.657. The Morgan fingerprint density at radius 1 is 1.24 bits per heavy atom. The molecule has 2 rings (SSSR count). The molecule has 0 unspecified atom stereocenters. The summed E-state index contributed by atoms with van der Waals surface area (Å²) in [6.45, 7) is 3.88. The van der Waals surface area contributed by atoms with Crippen molar-refractivity contribution >= 4 is 17.3 Å². The normalized spacial score (nSPS) is 11.2. The van der Waals surface area contributed by atoms with E-state index >= 15 is 0 Å². The minimum absolute atomic E-state index is 0.811. The number of aromatic nitrogens is 2. The van der Waals surface area contributed by atoms with Crippen LogP contribution in [0.25, 0.3) is 0 Å². The highest BCUT2D eigenvalue weighted by molar-refractivity contribution is 5.56. The summed E-state index contributed by atoms with van der Waals surface area (Å²) in [7, 11) is 5.85. The zero-order valence-corrected chi connectivity index (χ0v) is 13.1. The second-order valence-corrected chi connectivity index (χ2v) is 5.05. The molecule has 0 spiro atoms. The Morgan fingerprint density at radius 2 is 2.05 bits per heavy atom. The summed E-state index contributed by atoms with van der Waals surface area (Å²) in [6, 6.07) is 6.11. The fourth-order valence-electron chi connectivity index (χ4n) is 2.03. The van der Waals surface area contributed by atoms with E-state index in [2.05, 4.69) is 26.9 Å². The largest absolute Gasteiger partial charge is 0.421 e. The van der Waals surface area contributed by atoms with Crippen molar-refractivity contribution in [1.82, 2.24) is 9.88 Å². The van der Waals surface area contributed by atoms with Crippen LogP contribution in [-0.2, 0) is 14.1 Å². The van der Waals surface area contributed by atoms with Crippen molar-refractivity contribution in [3.63, 3.8) is 0 Å². The first-order chi connectivity index (χ1) is 10.1. The molecule has 112 valence electrons. The zero-order valence-electron chi connectivity index (χ0n) is 13.1. The molecule has 0 aliphatic carbocycles. The van der Waals surface area contributed by atoms with Gasteiger partial charge in [-0.1, -0.05) is 5.11 Å². The van der Waals surface area contributed by atoms with Crippen molar-refractivity contribution in [1.29, 1.82) is 0 Å². The van der Waals surface area contributed by atoms with Crippen LogP contribution in [0.5, 0.6) is 0 Å². The molecule has 1 heterocycles. The third kappa shape index (κ3) is 3.88. The maximum Gasteiger partial charge on any atom is 0.421 e. The average molecular weight is 287 g/mol. The van der Waals surface area contributed by atoms with Crippen LogP contribution in [0.15, 0.2) is 40.8 Å². The summed E-state index contributed by atoms with van der Waals surface area (Å²) >= 11 is 0. The van der Waals surface area contributed by atoms with E-state index in [0.717, 1.165) is 36.0 Å². The molecule has 2 aromatic rings. The fourth-order valence-corrected chi connectivity index (χ4v) is 2.03. The summed E-state index contributed by atoms with van der Waals surface area (Å²) in [5.74, 6) is 0.811. The number of aryl methyl sites for hydroxylation is 3. The van der Waals surface area contributed by atoms with Gasteiger partial charge >= 0.3 is 5.95 Å². The van der Waals surface area contributed by atoms with E-state index in [-0.39, 0.29) is 0 Å². The van der Waals surface area contributed by atoms with Gasteiger partial charge in [-0.15, -0.1) is 0 Å². The number of benzene rings is 1. The summed E-state index contributed by atoms with van der Waals surface area (Å²) in [6.07, 6.45) is 3.91. The summed E-state index contributed by atoms with van der Waals surface area (Å²) in [5, 5.41) is 15.1. The van der Waals surface area contributed by atoms with Crippen molar-refractivity contribution in [2.45, 2.75) is 6.92 Å². The molecular formula is C15H23N6+. The molecule has 0 atom stereocenters. The van der Waals surface area contributed by atoms with Gasteiger partial charge < -0.3 is 10.6 Å². The molecule has 0 aliphatic rings. The van der Waals surface area contributed by atoms with Crippen molar-refractivity contribution in [2.24, 2.45) is 24.3 Å². The van der Waals surface area contributed by atoms with Crippen LogP contribution in [-0.4, -0.2) is 24.7 Å². The molecule has 21 heavy (non-hydrogen) atoms. The molecule has 0 radical (unpaired) electrons. The number of hydrogen-bond acceptors (Lipinski definition) is 4. The van der Waals surface area contributed by atoms with Crippen LogP contribution in [0.1, 0.15) is 5.56 Å². The van der Waals surface area contributed by atoms with Crippen LogP contribution in [0.4, 0.5) is 17.3 Å². The quantitative estimate of drug-likeness (QED) is 0.486. The first-order valence-electron chi connectivity index (χ1n) is 7.03. The van der Waals surface area contributed by atoms with Crippen molar-refractivity contribution in [3.8, 4) is 0 Å². The second-order valence-electron chi connectivity index (χ2n) is 5.05. The Morgan fingerprint density at radius 3 is 2.67 bits per heavy atom. The lowest BCUT2D eigenvalue weighted by atomic mass is 10.2. The molecule has 6 nitrogen and oxygen atoms in total. The standard InChI is InChI=1S/C15H22N6/c1-12-11-13(17-8-7-16-2)5-6-14(12)18-19-15-20(3)9-10-21(15)4/h5-6,9-11,16H,7-8H2,1-4H3/p+1. The molecule has 0 bridgehead atoms. The van der Waals surface area contributed by atoms with Gasteiger partial charge in [-0.05, 0) is 37.7 Å². The fraction of sp³-hybridized carbons (Fsp3) is 0.400. The van der Waals surface area contributed by atoms with Crippen LogP contribution >= 0.6 is 0 Å². The summed E-state index contributed by atoms with van der Waals surface area (Å²) in [4.78, 5) is 0. The molecule has 0 saturated heterocycles. The highest BCUT2D eigenvalue weighted by Gasteiger charge is 2.10. The highest BCUT2D eigenvalue weighted by Crippen LogP contribution is 2.23. The van der Waals surface area contributed by atoms with E-state index in [9.17, 15) is 0 Å². The van der Waals surface area contributed by atoms with E-state index in [1.54, 1.807) is 0 Å². The molecule has 0 fully saturated rings. The number of likely N-dealkylation sites (N-methyl/N-ethyl adjacent to an activating group) is 1. The molecule has 2 N–H and O–H groups in total. The Hall–Kier alpha value is -2.21. The van der Waals surface area contributed by atoms with Crippen molar-refractivity contribution < 1.29 is 4.57 Å².